The molecule has 0 aliphatic heterocycles. The minimum absolute atomic E-state index is 0.0287. The number of para-hydroxylation sites is 2. The van der Waals surface area contributed by atoms with Crippen LogP contribution in [0.4, 0.5) is 0 Å². The van der Waals surface area contributed by atoms with Gasteiger partial charge in [-0.25, -0.2) is 5.48 Å². The smallest absolute Gasteiger partial charge is 0.335 e. The molecule has 0 bridgehead atoms. The SMILES string of the molecule is COc1ccccc1OCC(O)CON[C]=O. The van der Waals surface area contributed by atoms with Gasteiger partial charge in [0.25, 0.3) is 0 Å². The van der Waals surface area contributed by atoms with Crippen LogP contribution in [0.2, 0.25) is 0 Å². The molecule has 0 saturated heterocycles. The molecule has 1 radical (unpaired) electrons. The maximum atomic E-state index is 9.76. The fourth-order valence-electron chi connectivity index (χ4n) is 1.14. The van der Waals surface area contributed by atoms with E-state index in [1.54, 1.807) is 18.2 Å². The summed E-state index contributed by atoms with van der Waals surface area (Å²) < 4.78 is 10.4. The monoisotopic (exact) mass is 240 g/mol. The Morgan fingerprint density at radius 3 is 2.71 bits per heavy atom. The summed E-state index contributed by atoms with van der Waals surface area (Å²) >= 11 is 0. The highest BCUT2D eigenvalue weighted by Gasteiger charge is 2.08. The van der Waals surface area contributed by atoms with Crippen molar-refractivity contribution in [3.63, 3.8) is 0 Å². The first-order valence-corrected chi connectivity index (χ1v) is 4.95. The van der Waals surface area contributed by atoms with Crippen molar-refractivity contribution in [1.82, 2.24) is 5.48 Å². The van der Waals surface area contributed by atoms with Crippen LogP contribution in [-0.2, 0) is 9.63 Å². The van der Waals surface area contributed by atoms with Crippen LogP contribution >= 0.6 is 0 Å². The van der Waals surface area contributed by atoms with E-state index < -0.39 is 6.10 Å². The summed E-state index contributed by atoms with van der Waals surface area (Å²) in [5.41, 5.74) is 1.85. The molecule has 0 spiro atoms. The van der Waals surface area contributed by atoms with Crippen molar-refractivity contribution >= 4 is 6.41 Å². The summed E-state index contributed by atoms with van der Waals surface area (Å²) in [5.74, 6) is 1.11. The largest absolute Gasteiger partial charge is 0.493 e. The third kappa shape index (κ3) is 4.71. The van der Waals surface area contributed by atoms with Gasteiger partial charge in [0.05, 0.1) is 7.11 Å². The third-order valence-electron chi connectivity index (χ3n) is 1.89. The minimum Gasteiger partial charge on any atom is -0.493 e. The molecule has 1 atom stereocenters. The first-order chi connectivity index (χ1) is 8.27. The summed E-state index contributed by atoms with van der Waals surface area (Å²) in [6, 6.07) is 7.09. The van der Waals surface area contributed by atoms with Gasteiger partial charge in [0.15, 0.2) is 11.5 Å². The summed E-state index contributed by atoms with van der Waals surface area (Å²) in [5, 5.41) is 9.44. The summed E-state index contributed by atoms with van der Waals surface area (Å²) in [6.07, 6.45) is 0.461. The van der Waals surface area contributed by atoms with Crippen LogP contribution < -0.4 is 15.0 Å². The molecule has 0 heterocycles. The molecule has 0 saturated carbocycles. The summed E-state index contributed by atoms with van der Waals surface area (Å²) in [7, 11) is 1.53. The molecular weight excluding hydrogens is 226 g/mol. The standard InChI is InChI=1S/C11H14NO5/c1-15-10-4-2-3-5-11(10)16-6-9(14)7-17-12-8-13/h2-5,9,14H,6-7H2,1H3,(H,12,13). The number of methoxy groups -OCH3 is 1. The number of hydroxylamine groups is 1. The average Bonchev–Trinajstić information content (AvgIpc) is 2.37. The van der Waals surface area contributed by atoms with E-state index in [0.29, 0.717) is 11.5 Å². The topological polar surface area (TPSA) is 77.0 Å². The zero-order valence-electron chi connectivity index (χ0n) is 9.38. The van der Waals surface area contributed by atoms with Gasteiger partial charge in [-0.05, 0) is 12.1 Å². The van der Waals surface area contributed by atoms with Crippen molar-refractivity contribution in [3.8, 4) is 11.5 Å². The fourth-order valence-corrected chi connectivity index (χ4v) is 1.14. The van der Waals surface area contributed by atoms with Crippen LogP contribution in [0, 0.1) is 0 Å². The van der Waals surface area contributed by atoms with Gasteiger partial charge >= 0.3 is 6.41 Å². The first kappa shape index (κ1) is 13.3. The number of hydrogen-bond donors (Lipinski definition) is 2. The Hall–Kier alpha value is -1.79. The summed E-state index contributed by atoms with van der Waals surface area (Å²) in [6.45, 7) is -0.0503. The predicted octanol–water partition coefficient (Wildman–Crippen LogP) is 0.0233. The highest BCUT2D eigenvalue weighted by Crippen LogP contribution is 2.25. The molecule has 2 N–H and O–H groups in total. The number of amides is 1. The minimum atomic E-state index is -0.860. The lowest BCUT2D eigenvalue weighted by atomic mass is 10.3. The van der Waals surface area contributed by atoms with Gasteiger partial charge in [0, 0.05) is 0 Å². The van der Waals surface area contributed by atoms with Crippen molar-refractivity contribution in [2.75, 3.05) is 20.3 Å². The Balaban J connectivity index is 2.36. The average molecular weight is 240 g/mol. The number of aliphatic hydroxyl groups is 1. The molecule has 6 nitrogen and oxygen atoms in total. The van der Waals surface area contributed by atoms with Crippen molar-refractivity contribution in [3.05, 3.63) is 24.3 Å². The molecule has 0 fully saturated rings. The number of aliphatic hydroxyl groups excluding tert-OH is 1. The molecule has 6 heteroatoms. The van der Waals surface area contributed by atoms with E-state index in [4.69, 9.17) is 9.47 Å². The van der Waals surface area contributed by atoms with Gasteiger partial charge in [0.1, 0.15) is 19.3 Å². The number of rotatable bonds is 8. The number of nitrogens with one attached hydrogen (secondary N) is 1. The van der Waals surface area contributed by atoms with Gasteiger partial charge < -0.3 is 14.6 Å². The first-order valence-electron chi connectivity index (χ1n) is 4.95. The van der Waals surface area contributed by atoms with Crippen LogP contribution in [-0.4, -0.2) is 37.9 Å². The normalized spacial score (nSPS) is 11.6. The van der Waals surface area contributed by atoms with Gasteiger partial charge in [-0.1, -0.05) is 12.1 Å². The molecule has 93 valence electrons. The van der Waals surface area contributed by atoms with Crippen LogP contribution in [0.5, 0.6) is 11.5 Å². The Bertz CT molecular complexity index is 344. The second-order valence-electron chi connectivity index (χ2n) is 3.13. The lowest BCUT2D eigenvalue weighted by Crippen LogP contribution is -2.27. The van der Waals surface area contributed by atoms with Crippen molar-refractivity contribution in [2.24, 2.45) is 0 Å². The van der Waals surface area contributed by atoms with E-state index in [1.807, 2.05) is 11.5 Å². The number of ether oxygens (including phenoxy) is 2. The van der Waals surface area contributed by atoms with Crippen molar-refractivity contribution in [1.29, 1.82) is 0 Å². The predicted molar refractivity (Wildman–Crippen MR) is 59.3 cm³/mol. The van der Waals surface area contributed by atoms with E-state index in [1.165, 1.54) is 13.5 Å². The van der Waals surface area contributed by atoms with E-state index in [9.17, 15) is 9.90 Å². The molecule has 1 unspecified atom stereocenters. The van der Waals surface area contributed by atoms with Gasteiger partial charge in [-0.15, -0.1) is 0 Å². The molecule has 1 amide bonds. The lowest BCUT2D eigenvalue weighted by Gasteiger charge is -2.13. The van der Waals surface area contributed by atoms with Crippen LogP contribution in [0.1, 0.15) is 0 Å². The fraction of sp³-hybridized carbons (Fsp3) is 0.364. The Morgan fingerprint density at radius 2 is 2.06 bits per heavy atom. The second-order valence-corrected chi connectivity index (χ2v) is 3.13. The van der Waals surface area contributed by atoms with E-state index >= 15 is 0 Å². The number of hydrogen-bond acceptors (Lipinski definition) is 5. The van der Waals surface area contributed by atoms with Gasteiger partial charge in [0.2, 0.25) is 0 Å². The molecular formula is C11H14NO5. The zero-order valence-corrected chi connectivity index (χ0v) is 9.38. The van der Waals surface area contributed by atoms with Crippen molar-refractivity contribution < 1.29 is 24.2 Å². The van der Waals surface area contributed by atoms with E-state index in [2.05, 4.69) is 4.84 Å². The zero-order chi connectivity index (χ0) is 12.5. The quantitative estimate of drug-likeness (QED) is 0.380. The van der Waals surface area contributed by atoms with Crippen LogP contribution in [0.15, 0.2) is 24.3 Å². The Morgan fingerprint density at radius 1 is 1.35 bits per heavy atom. The molecule has 0 aliphatic carbocycles. The molecule has 17 heavy (non-hydrogen) atoms. The van der Waals surface area contributed by atoms with Crippen LogP contribution in [0.3, 0.4) is 0 Å². The van der Waals surface area contributed by atoms with Crippen LogP contribution in [0.25, 0.3) is 0 Å². The maximum Gasteiger partial charge on any atom is 0.335 e. The summed E-state index contributed by atoms with van der Waals surface area (Å²) in [4.78, 5) is 14.3. The third-order valence-corrected chi connectivity index (χ3v) is 1.89. The van der Waals surface area contributed by atoms with Gasteiger partial charge in [-0.2, -0.15) is 0 Å². The lowest BCUT2D eigenvalue weighted by molar-refractivity contribution is -0.0122. The Labute approximate surface area is 99.1 Å². The Kier molecular flexibility index (Phi) is 5.84. The second kappa shape index (κ2) is 7.48. The van der Waals surface area contributed by atoms with Crippen molar-refractivity contribution in [2.45, 2.75) is 6.10 Å². The molecule has 0 aliphatic rings. The molecule has 1 rings (SSSR count). The molecule has 1 aromatic rings. The highest BCUT2D eigenvalue weighted by atomic mass is 16.7. The maximum absolute atomic E-state index is 9.76. The number of carbonyl (C=O) groups excluding carboxylic acids is 1. The molecule has 1 aromatic carbocycles. The van der Waals surface area contributed by atoms with E-state index in [0.717, 1.165) is 0 Å². The number of benzene rings is 1. The van der Waals surface area contributed by atoms with E-state index in [-0.39, 0.29) is 13.2 Å². The highest BCUT2D eigenvalue weighted by molar-refractivity contribution is 5.44. The van der Waals surface area contributed by atoms with Gasteiger partial charge in [-0.3, -0.25) is 9.63 Å². The molecule has 0 aromatic heterocycles.